The summed E-state index contributed by atoms with van der Waals surface area (Å²) >= 11 is 0. The summed E-state index contributed by atoms with van der Waals surface area (Å²) in [6.07, 6.45) is 3.90. The summed E-state index contributed by atoms with van der Waals surface area (Å²) in [6.45, 7) is 2.56. The third-order valence-corrected chi connectivity index (χ3v) is 6.25. The second-order valence-corrected chi connectivity index (χ2v) is 9.02. The summed E-state index contributed by atoms with van der Waals surface area (Å²) in [6, 6.07) is 2.22. The summed E-state index contributed by atoms with van der Waals surface area (Å²) < 4.78 is 40.7. The van der Waals surface area contributed by atoms with Crippen molar-refractivity contribution in [2.45, 2.75) is 57.7 Å². The number of hydrogen-bond acceptors (Lipinski definition) is 4. The highest BCUT2D eigenvalue weighted by Crippen LogP contribution is 2.29. The zero-order chi connectivity index (χ0) is 23.7. The van der Waals surface area contributed by atoms with E-state index in [1.807, 2.05) is 13.0 Å². The maximum Gasteiger partial charge on any atom is 0.224 e. The van der Waals surface area contributed by atoms with E-state index in [-0.39, 0.29) is 42.2 Å². The molecule has 0 saturated heterocycles. The number of amides is 2. The molecular weight excluding hydrogens is 433 g/mol. The number of benzene rings is 1. The molecule has 1 fully saturated rings. The van der Waals surface area contributed by atoms with E-state index in [4.69, 9.17) is 5.73 Å². The summed E-state index contributed by atoms with van der Waals surface area (Å²) in [5, 5.41) is 2.95. The molecule has 0 bridgehead atoms. The van der Waals surface area contributed by atoms with Crippen LogP contribution in [0.2, 0.25) is 0 Å². The first-order valence-corrected chi connectivity index (χ1v) is 11.1. The number of nitrogens with two attached hydrogens (primary N) is 1. The molecule has 1 aliphatic carbocycles. The number of aryl methyl sites for hydroxylation is 1. The lowest BCUT2D eigenvalue weighted by molar-refractivity contribution is -0.135. The van der Waals surface area contributed by atoms with E-state index in [0.717, 1.165) is 35.7 Å². The van der Waals surface area contributed by atoms with Gasteiger partial charge in [0, 0.05) is 49.4 Å². The Morgan fingerprint density at radius 1 is 1.15 bits per heavy atom. The third kappa shape index (κ3) is 5.52. The number of pyridine rings is 1. The molecule has 2 atom stereocenters. The lowest BCUT2D eigenvalue weighted by Crippen LogP contribution is -2.51. The number of carbonyl (C=O) groups excluding carboxylic acids is 2. The van der Waals surface area contributed by atoms with Crippen LogP contribution in [0.1, 0.15) is 41.6 Å². The van der Waals surface area contributed by atoms with Crippen LogP contribution in [0, 0.1) is 30.3 Å². The van der Waals surface area contributed by atoms with Crippen LogP contribution in [0.25, 0.3) is 0 Å². The molecule has 3 N–H and O–H groups in total. The van der Waals surface area contributed by atoms with Gasteiger partial charge in [0.05, 0.1) is 6.04 Å². The van der Waals surface area contributed by atoms with Gasteiger partial charge in [0.25, 0.3) is 0 Å². The quantitative estimate of drug-likeness (QED) is 0.622. The lowest BCUT2D eigenvalue weighted by Gasteiger charge is -2.37. The smallest absolute Gasteiger partial charge is 0.224 e. The molecule has 2 amide bonds. The summed E-state index contributed by atoms with van der Waals surface area (Å²) in [7, 11) is 0. The van der Waals surface area contributed by atoms with Crippen LogP contribution in [0.4, 0.5) is 13.2 Å². The zero-order valence-corrected chi connectivity index (χ0v) is 18.4. The van der Waals surface area contributed by atoms with E-state index in [2.05, 4.69) is 10.3 Å². The van der Waals surface area contributed by atoms with E-state index >= 15 is 0 Å². The highest BCUT2D eigenvalue weighted by molar-refractivity contribution is 5.81. The zero-order valence-electron chi connectivity index (χ0n) is 18.4. The number of nitrogens with one attached hydrogen (secondary N) is 1. The summed E-state index contributed by atoms with van der Waals surface area (Å²) in [5.41, 5.74) is 8.91. The van der Waals surface area contributed by atoms with Gasteiger partial charge in [-0.3, -0.25) is 14.6 Å². The largest absolute Gasteiger partial charge is 0.354 e. The maximum absolute atomic E-state index is 14.0. The van der Waals surface area contributed by atoms with Crippen LogP contribution in [0.15, 0.2) is 24.4 Å². The van der Waals surface area contributed by atoms with Crippen molar-refractivity contribution in [2.24, 2.45) is 11.7 Å². The molecule has 9 heteroatoms. The first-order chi connectivity index (χ1) is 15.7. The van der Waals surface area contributed by atoms with E-state index in [9.17, 15) is 22.8 Å². The molecule has 0 spiro atoms. The van der Waals surface area contributed by atoms with Gasteiger partial charge in [0.2, 0.25) is 11.8 Å². The van der Waals surface area contributed by atoms with Gasteiger partial charge in [0.15, 0.2) is 11.6 Å². The predicted octanol–water partition coefficient (Wildman–Crippen LogP) is 2.55. The molecule has 0 unspecified atom stereocenters. The first kappa shape index (κ1) is 23.2. The van der Waals surface area contributed by atoms with Crippen molar-refractivity contribution in [1.29, 1.82) is 0 Å². The van der Waals surface area contributed by atoms with Crippen molar-refractivity contribution >= 4 is 11.8 Å². The third-order valence-electron chi connectivity index (χ3n) is 6.25. The fourth-order valence-electron chi connectivity index (χ4n) is 4.25. The molecule has 1 aromatic heterocycles. The molecule has 1 aliphatic heterocycles. The van der Waals surface area contributed by atoms with Gasteiger partial charge < -0.3 is 16.0 Å². The molecule has 1 saturated carbocycles. The molecule has 33 heavy (non-hydrogen) atoms. The van der Waals surface area contributed by atoms with Gasteiger partial charge in [0.1, 0.15) is 5.82 Å². The normalized spacial score (nSPS) is 18.6. The number of fused-ring (bicyclic) bond motifs is 1. The number of rotatable bonds is 7. The van der Waals surface area contributed by atoms with E-state index < -0.39 is 23.5 Å². The van der Waals surface area contributed by atoms with Crippen LogP contribution in [-0.2, 0) is 29.0 Å². The second kappa shape index (κ2) is 9.51. The van der Waals surface area contributed by atoms with Crippen LogP contribution < -0.4 is 11.1 Å². The minimum absolute atomic E-state index is 0.00428. The van der Waals surface area contributed by atoms with Crippen LogP contribution in [0.5, 0.6) is 0 Å². The van der Waals surface area contributed by atoms with E-state index in [0.29, 0.717) is 25.6 Å². The van der Waals surface area contributed by atoms with Crippen molar-refractivity contribution in [3.63, 3.8) is 0 Å². The van der Waals surface area contributed by atoms with Crippen LogP contribution in [0.3, 0.4) is 0 Å². The Bertz CT molecular complexity index is 1070. The molecule has 2 aliphatic rings. The molecule has 4 rings (SSSR count). The SMILES string of the molecule is Cc1cc2c(cn1)CN(C(=O)C[C@H](N)Cc1cc(F)c(F)cc1F)[C@H](CNC(=O)C1CC1)C2. The van der Waals surface area contributed by atoms with Crippen LogP contribution >= 0.6 is 0 Å². The Morgan fingerprint density at radius 3 is 2.61 bits per heavy atom. The monoisotopic (exact) mass is 460 g/mol. The Labute approximate surface area is 190 Å². The Hall–Kier alpha value is -2.94. The molecule has 176 valence electrons. The maximum atomic E-state index is 14.0. The Balaban J connectivity index is 1.46. The molecule has 2 aromatic rings. The first-order valence-electron chi connectivity index (χ1n) is 11.1. The fraction of sp³-hybridized carbons (Fsp3) is 0.458. The average molecular weight is 461 g/mol. The molecule has 6 nitrogen and oxygen atoms in total. The van der Waals surface area contributed by atoms with Gasteiger partial charge in [-0.15, -0.1) is 0 Å². The topological polar surface area (TPSA) is 88.3 Å². The molecular formula is C24H27F3N4O2. The molecule has 1 aromatic carbocycles. The molecule has 0 radical (unpaired) electrons. The fourth-order valence-corrected chi connectivity index (χ4v) is 4.25. The predicted molar refractivity (Wildman–Crippen MR) is 115 cm³/mol. The minimum atomic E-state index is -1.27. The van der Waals surface area contributed by atoms with Gasteiger partial charge in [-0.2, -0.15) is 0 Å². The van der Waals surface area contributed by atoms with Crippen molar-refractivity contribution in [3.8, 4) is 0 Å². The van der Waals surface area contributed by atoms with Gasteiger partial charge in [-0.05, 0) is 61.4 Å². The van der Waals surface area contributed by atoms with Crippen molar-refractivity contribution < 1.29 is 22.8 Å². The van der Waals surface area contributed by atoms with E-state index in [1.165, 1.54) is 0 Å². The lowest BCUT2D eigenvalue weighted by atomic mass is 9.93. The number of carbonyl (C=O) groups is 2. The van der Waals surface area contributed by atoms with Crippen LogP contribution in [-0.4, -0.2) is 40.3 Å². The standard InChI is InChI=1S/C24H27F3N4O2/c1-13-4-15-6-19(11-30-24(33)14-2-3-14)31(12-17(15)10-29-13)23(32)8-18(28)5-16-7-21(26)22(27)9-20(16)25/h4,7,9-10,14,18-19H,2-3,5-6,8,11-12,28H2,1H3,(H,30,33)/t18-,19+/m1/s1. The Kier molecular flexibility index (Phi) is 6.69. The minimum Gasteiger partial charge on any atom is -0.354 e. The van der Waals surface area contributed by atoms with Gasteiger partial charge in [-0.25, -0.2) is 13.2 Å². The number of hydrogen-bond donors (Lipinski definition) is 2. The molecule has 2 heterocycles. The highest BCUT2D eigenvalue weighted by Gasteiger charge is 2.34. The van der Waals surface area contributed by atoms with Crippen molar-refractivity contribution in [3.05, 3.63) is 64.2 Å². The highest BCUT2D eigenvalue weighted by atomic mass is 19.2. The summed E-state index contributed by atoms with van der Waals surface area (Å²) in [4.78, 5) is 31.3. The number of halogens is 3. The summed E-state index contributed by atoms with van der Waals surface area (Å²) in [5.74, 6) is -3.51. The van der Waals surface area contributed by atoms with Crippen molar-refractivity contribution in [2.75, 3.05) is 6.54 Å². The second-order valence-electron chi connectivity index (χ2n) is 9.02. The van der Waals surface area contributed by atoms with E-state index in [1.54, 1.807) is 11.1 Å². The Morgan fingerprint density at radius 2 is 1.88 bits per heavy atom. The van der Waals surface area contributed by atoms with Gasteiger partial charge >= 0.3 is 0 Å². The van der Waals surface area contributed by atoms with Crippen molar-refractivity contribution in [1.82, 2.24) is 15.2 Å². The van der Waals surface area contributed by atoms with Gasteiger partial charge in [-0.1, -0.05) is 0 Å². The average Bonchev–Trinajstić information content (AvgIpc) is 3.60. The number of aromatic nitrogens is 1. The number of nitrogens with zero attached hydrogens (tertiary/aromatic N) is 2.